The summed E-state index contributed by atoms with van der Waals surface area (Å²) in [7, 11) is 0. The largest absolute Gasteiger partial charge is 0.252 e. The molecule has 1 heterocycles. The van der Waals surface area contributed by atoms with Gasteiger partial charge in [0.1, 0.15) is 0 Å². The normalized spacial score (nSPS) is 11.4. The van der Waals surface area contributed by atoms with Gasteiger partial charge in [0.25, 0.3) is 0 Å². The van der Waals surface area contributed by atoms with Crippen LogP contribution in [-0.2, 0) is 6.42 Å². The van der Waals surface area contributed by atoms with Gasteiger partial charge in [0.15, 0.2) is 0 Å². The third-order valence-electron chi connectivity index (χ3n) is 3.28. The van der Waals surface area contributed by atoms with Crippen molar-refractivity contribution in [2.45, 2.75) is 40.0 Å². The Morgan fingerprint density at radius 1 is 1.29 bits per heavy atom. The molecule has 0 radical (unpaired) electrons. The molecule has 0 aliphatic carbocycles. The minimum atomic E-state index is 0.515. The van der Waals surface area contributed by atoms with E-state index in [9.17, 15) is 0 Å². The van der Waals surface area contributed by atoms with Gasteiger partial charge >= 0.3 is 0 Å². The lowest BCUT2D eigenvalue weighted by Gasteiger charge is -2.11. The summed E-state index contributed by atoms with van der Waals surface area (Å²) in [6, 6.07) is 6.39. The van der Waals surface area contributed by atoms with E-state index in [4.69, 9.17) is 11.6 Å². The van der Waals surface area contributed by atoms with Crippen molar-refractivity contribution in [2.75, 3.05) is 0 Å². The molecule has 1 nitrogen and oxygen atoms in total. The van der Waals surface area contributed by atoms with Gasteiger partial charge in [-0.25, -0.2) is 0 Å². The molecule has 0 unspecified atom stereocenters. The van der Waals surface area contributed by atoms with Crippen LogP contribution in [0.4, 0.5) is 0 Å². The number of rotatable bonds is 2. The van der Waals surface area contributed by atoms with Gasteiger partial charge in [0.2, 0.25) is 0 Å². The van der Waals surface area contributed by atoms with Crippen molar-refractivity contribution in [1.82, 2.24) is 4.98 Å². The number of hydrogen-bond donors (Lipinski definition) is 0. The average Bonchev–Trinajstić information content (AvgIpc) is 2.33. The van der Waals surface area contributed by atoms with E-state index in [1.54, 1.807) is 0 Å². The predicted molar refractivity (Wildman–Crippen MR) is 75.0 cm³/mol. The molecule has 1 aromatic carbocycles. The van der Waals surface area contributed by atoms with E-state index >= 15 is 0 Å². The average molecular weight is 248 g/mol. The van der Waals surface area contributed by atoms with Crippen LogP contribution in [0.2, 0.25) is 5.02 Å². The van der Waals surface area contributed by atoms with E-state index in [-0.39, 0.29) is 0 Å². The van der Waals surface area contributed by atoms with Crippen LogP contribution in [0.1, 0.15) is 43.5 Å². The first-order valence-electron chi connectivity index (χ1n) is 6.13. The van der Waals surface area contributed by atoms with Gasteiger partial charge in [-0.3, -0.25) is 4.98 Å². The van der Waals surface area contributed by atoms with Crippen LogP contribution in [-0.4, -0.2) is 4.98 Å². The molecule has 2 aromatic rings. The van der Waals surface area contributed by atoms with Crippen molar-refractivity contribution in [3.8, 4) is 0 Å². The highest BCUT2D eigenvalue weighted by Crippen LogP contribution is 2.30. The minimum Gasteiger partial charge on any atom is -0.252 e. The molecule has 2 rings (SSSR count). The summed E-state index contributed by atoms with van der Waals surface area (Å²) < 4.78 is 0. The third-order valence-corrected chi connectivity index (χ3v) is 3.76. The molecular weight excluding hydrogens is 230 g/mol. The van der Waals surface area contributed by atoms with Crippen molar-refractivity contribution < 1.29 is 0 Å². The zero-order valence-electron chi connectivity index (χ0n) is 10.8. The van der Waals surface area contributed by atoms with Gasteiger partial charge in [0, 0.05) is 11.1 Å². The predicted octanol–water partition coefficient (Wildman–Crippen LogP) is 4.88. The maximum atomic E-state index is 6.45. The van der Waals surface area contributed by atoms with E-state index in [0.29, 0.717) is 5.92 Å². The molecule has 0 aliphatic rings. The molecule has 0 bridgehead atoms. The van der Waals surface area contributed by atoms with E-state index in [2.05, 4.69) is 50.9 Å². The van der Waals surface area contributed by atoms with Crippen LogP contribution in [0.15, 0.2) is 18.2 Å². The number of fused-ring (bicyclic) bond motifs is 1. The van der Waals surface area contributed by atoms with Crippen molar-refractivity contribution in [2.24, 2.45) is 0 Å². The first-order valence-corrected chi connectivity index (χ1v) is 6.51. The fraction of sp³-hybridized carbons (Fsp3) is 0.400. The highest BCUT2D eigenvalue weighted by molar-refractivity contribution is 6.36. The van der Waals surface area contributed by atoms with Gasteiger partial charge in [-0.2, -0.15) is 0 Å². The molecule has 0 saturated carbocycles. The lowest BCUT2D eigenvalue weighted by molar-refractivity contribution is 0.868. The van der Waals surface area contributed by atoms with E-state index in [1.807, 2.05) is 0 Å². The summed E-state index contributed by atoms with van der Waals surface area (Å²) in [6.45, 7) is 8.54. The zero-order valence-corrected chi connectivity index (χ0v) is 11.6. The Balaban J connectivity index is 2.74. The van der Waals surface area contributed by atoms with Gasteiger partial charge < -0.3 is 0 Å². The van der Waals surface area contributed by atoms with Crippen LogP contribution in [0, 0.1) is 6.92 Å². The molecule has 0 amide bonds. The number of pyridine rings is 1. The smallest absolute Gasteiger partial charge is 0.0720 e. The summed E-state index contributed by atoms with van der Waals surface area (Å²) in [6.07, 6.45) is 0.924. The van der Waals surface area contributed by atoms with Gasteiger partial charge in [-0.15, -0.1) is 0 Å². The van der Waals surface area contributed by atoms with Gasteiger partial charge in [-0.05, 0) is 42.5 Å². The molecule has 1 aromatic heterocycles. The lowest BCUT2D eigenvalue weighted by atomic mass is 10.00. The Hall–Kier alpha value is -1.08. The monoisotopic (exact) mass is 247 g/mol. The van der Waals surface area contributed by atoms with Crippen molar-refractivity contribution >= 4 is 22.5 Å². The van der Waals surface area contributed by atoms with Crippen molar-refractivity contribution in [1.29, 1.82) is 0 Å². The van der Waals surface area contributed by atoms with Crippen LogP contribution in [0.25, 0.3) is 10.9 Å². The molecule has 17 heavy (non-hydrogen) atoms. The molecule has 0 fully saturated rings. The molecule has 2 heteroatoms. The van der Waals surface area contributed by atoms with Crippen molar-refractivity contribution in [3.05, 3.63) is 40.0 Å². The SMILES string of the molecule is CCc1nc2ccc(C(C)C)cc2c(Cl)c1C. The Morgan fingerprint density at radius 2 is 2.00 bits per heavy atom. The number of aromatic nitrogens is 1. The second-order valence-electron chi connectivity index (χ2n) is 4.78. The fourth-order valence-electron chi connectivity index (χ4n) is 2.09. The molecule has 0 atom stereocenters. The van der Waals surface area contributed by atoms with Gasteiger partial charge in [0.05, 0.1) is 10.5 Å². The van der Waals surface area contributed by atoms with Gasteiger partial charge in [-0.1, -0.05) is 38.4 Å². The maximum Gasteiger partial charge on any atom is 0.0720 e. The lowest BCUT2D eigenvalue weighted by Crippen LogP contribution is -1.96. The highest BCUT2D eigenvalue weighted by atomic mass is 35.5. The van der Waals surface area contributed by atoms with E-state index < -0.39 is 0 Å². The van der Waals surface area contributed by atoms with Crippen LogP contribution < -0.4 is 0 Å². The number of hydrogen-bond acceptors (Lipinski definition) is 1. The van der Waals surface area contributed by atoms with Crippen LogP contribution in [0.5, 0.6) is 0 Å². The molecule has 0 aliphatic heterocycles. The molecule has 0 N–H and O–H groups in total. The molecular formula is C15H18ClN. The molecule has 0 spiro atoms. The number of aryl methyl sites for hydroxylation is 1. The Kier molecular flexibility index (Phi) is 3.39. The number of benzene rings is 1. The summed E-state index contributed by atoms with van der Waals surface area (Å²) in [5, 5.41) is 1.93. The van der Waals surface area contributed by atoms with E-state index in [1.165, 1.54) is 5.56 Å². The Labute approximate surface area is 108 Å². The second kappa shape index (κ2) is 4.66. The number of halogens is 1. The first-order chi connectivity index (χ1) is 8.04. The van der Waals surface area contributed by atoms with Crippen LogP contribution in [0.3, 0.4) is 0 Å². The maximum absolute atomic E-state index is 6.45. The fourth-order valence-corrected chi connectivity index (χ4v) is 2.35. The summed E-state index contributed by atoms with van der Waals surface area (Å²) in [5.41, 5.74) is 4.52. The topological polar surface area (TPSA) is 12.9 Å². The number of nitrogens with zero attached hydrogens (tertiary/aromatic N) is 1. The summed E-state index contributed by atoms with van der Waals surface area (Å²) >= 11 is 6.45. The summed E-state index contributed by atoms with van der Waals surface area (Å²) in [4.78, 5) is 4.67. The zero-order chi connectivity index (χ0) is 12.6. The minimum absolute atomic E-state index is 0.515. The Bertz CT molecular complexity index is 558. The standard InChI is InChI=1S/C15H18ClN/c1-5-13-10(4)15(16)12-8-11(9(2)3)6-7-14(12)17-13/h6-9H,5H2,1-4H3. The van der Waals surface area contributed by atoms with E-state index in [0.717, 1.165) is 33.6 Å². The van der Waals surface area contributed by atoms with Crippen LogP contribution >= 0.6 is 11.6 Å². The highest BCUT2D eigenvalue weighted by Gasteiger charge is 2.10. The molecule has 0 saturated heterocycles. The summed E-state index contributed by atoms with van der Waals surface area (Å²) in [5.74, 6) is 0.515. The second-order valence-corrected chi connectivity index (χ2v) is 5.16. The molecule has 90 valence electrons. The first kappa shape index (κ1) is 12.4. The Morgan fingerprint density at radius 3 is 2.59 bits per heavy atom. The van der Waals surface area contributed by atoms with Crippen molar-refractivity contribution in [3.63, 3.8) is 0 Å². The third kappa shape index (κ3) is 2.16. The quantitative estimate of drug-likeness (QED) is 0.737.